The van der Waals surface area contributed by atoms with Crippen LogP contribution in [0.4, 0.5) is 0 Å². The lowest BCUT2D eigenvalue weighted by atomic mass is 10.1. The van der Waals surface area contributed by atoms with Gasteiger partial charge in [0.1, 0.15) is 0 Å². The maximum absolute atomic E-state index is 5.58. The van der Waals surface area contributed by atoms with Crippen molar-refractivity contribution in [3.8, 4) is 5.88 Å². The molecule has 0 aliphatic heterocycles. The van der Waals surface area contributed by atoms with E-state index in [-0.39, 0.29) is 6.10 Å². The van der Waals surface area contributed by atoms with Gasteiger partial charge in [0.25, 0.3) is 0 Å². The number of ether oxygens (including phenoxy) is 1. The van der Waals surface area contributed by atoms with Crippen molar-refractivity contribution in [2.24, 2.45) is 11.7 Å². The van der Waals surface area contributed by atoms with Crippen molar-refractivity contribution in [1.82, 2.24) is 4.98 Å². The summed E-state index contributed by atoms with van der Waals surface area (Å²) in [6.45, 7) is 6.81. The second kappa shape index (κ2) is 5.71. The predicted octanol–water partition coefficient (Wildman–Crippen LogP) is 2.01. The Labute approximate surface area is 91.7 Å². The van der Waals surface area contributed by atoms with Crippen LogP contribution < -0.4 is 10.5 Å². The normalized spacial score (nSPS) is 12.9. The van der Waals surface area contributed by atoms with Crippen LogP contribution in [0.3, 0.4) is 0 Å². The van der Waals surface area contributed by atoms with E-state index in [1.54, 1.807) is 0 Å². The van der Waals surface area contributed by atoms with Gasteiger partial charge in [-0.05, 0) is 38.8 Å². The topological polar surface area (TPSA) is 48.1 Å². The van der Waals surface area contributed by atoms with Crippen LogP contribution in [0.2, 0.25) is 0 Å². The predicted molar refractivity (Wildman–Crippen MR) is 61.9 cm³/mol. The van der Waals surface area contributed by atoms with Gasteiger partial charge in [-0.1, -0.05) is 13.0 Å². The lowest BCUT2D eigenvalue weighted by molar-refractivity contribution is 0.232. The molecule has 1 aromatic heterocycles. The summed E-state index contributed by atoms with van der Waals surface area (Å²) in [7, 11) is 0. The van der Waals surface area contributed by atoms with Gasteiger partial charge in [-0.15, -0.1) is 0 Å². The summed E-state index contributed by atoms with van der Waals surface area (Å²) in [4.78, 5) is 4.42. The first-order valence-electron chi connectivity index (χ1n) is 5.44. The number of nitrogens with two attached hydrogens (primary N) is 1. The molecule has 0 aromatic carbocycles. The molecular formula is C12H20N2O. The maximum Gasteiger partial charge on any atom is 0.213 e. The van der Waals surface area contributed by atoms with E-state index in [2.05, 4.69) is 11.9 Å². The van der Waals surface area contributed by atoms with Crippen LogP contribution in [-0.2, 0) is 6.42 Å². The molecule has 1 aromatic rings. The number of hydrogen-bond donors (Lipinski definition) is 1. The average Bonchev–Trinajstić information content (AvgIpc) is 2.17. The Kier molecular flexibility index (Phi) is 4.56. The second-order valence-corrected chi connectivity index (χ2v) is 4.18. The quantitative estimate of drug-likeness (QED) is 0.805. The molecule has 84 valence electrons. The highest BCUT2D eigenvalue weighted by atomic mass is 16.5. The molecule has 15 heavy (non-hydrogen) atoms. The minimum absolute atomic E-state index is 0.166. The Balaban J connectivity index is 2.65. The van der Waals surface area contributed by atoms with Crippen molar-refractivity contribution in [3.63, 3.8) is 0 Å². The van der Waals surface area contributed by atoms with Crippen LogP contribution in [0.15, 0.2) is 18.2 Å². The van der Waals surface area contributed by atoms with E-state index >= 15 is 0 Å². The largest absolute Gasteiger partial charge is 0.475 e. The summed E-state index contributed by atoms with van der Waals surface area (Å²) in [6, 6.07) is 5.87. The van der Waals surface area contributed by atoms with Crippen LogP contribution in [0.1, 0.15) is 26.5 Å². The van der Waals surface area contributed by atoms with Crippen LogP contribution in [0.25, 0.3) is 0 Å². The Hall–Kier alpha value is -1.09. The molecule has 1 unspecified atom stereocenters. The number of rotatable bonds is 5. The minimum atomic E-state index is 0.166. The van der Waals surface area contributed by atoms with E-state index in [9.17, 15) is 0 Å². The fourth-order valence-corrected chi connectivity index (χ4v) is 1.32. The first-order chi connectivity index (χ1) is 7.11. The average molecular weight is 208 g/mol. The summed E-state index contributed by atoms with van der Waals surface area (Å²) >= 11 is 0. The van der Waals surface area contributed by atoms with E-state index in [0.717, 1.165) is 12.1 Å². The Morgan fingerprint density at radius 1 is 1.33 bits per heavy atom. The molecule has 0 bridgehead atoms. The van der Waals surface area contributed by atoms with Crippen molar-refractivity contribution >= 4 is 0 Å². The first-order valence-corrected chi connectivity index (χ1v) is 5.44. The summed E-state index contributed by atoms with van der Waals surface area (Å²) < 4.78 is 5.53. The zero-order valence-electron chi connectivity index (χ0n) is 9.73. The van der Waals surface area contributed by atoms with E-state index in [1.165, 1.54) is 0 Å². The molecule has 2 N–H and O–H groups in total. The molecule has 0 amide bonds. The van der Waals surface area contributed by atoms with Gasteiger partial charge in [-0.25, -0.2) is 4.98 Å². The van der Waals surface area contributed by atoms with E-state index < -0.39 is 0 Å². The monoisotopic (exact) mass is 208 g/mol. The van der Waals surface area contributed by atoms with Crippen molar-refractivity contribution < 1.29 is 4.74 Å². The summed E-state index contributed by atoms with van der Waals surface area (Å²) in [5.41, 5.74) is 6.63. The van der Waals surface area contributed by atoms with Gasteiger partial charge in [-0.2, -0.15) is 0 Å². The first kappa shape index (κ1) is 12.0. The third kappa shape index (κ3) is 4.30. The number of pyridine rings is 1. The molecule has 1 rings (SSSR count). The van der Waals surface area contributed by atoms with Crippen molar-refractivity contribution in [3.05, 3.63) is 23.9 Å². The van der Waals surface area contributed by atoms with Crippen LogP contribution >= 0.6 is 0 Å². The Bertz CT molecular complexity index is 299. The van der Waals surface area contributed by atoms with Gasteiger partial charge in [0, 0.05) is 11.8 Å². The van der Waals surface area contributed by atoms with Crippen LogP contribution in [0, 0.1) is 5.92 Å². The van der Waals surface area contributed by atoms with Crippen molar-refractivity contribution in [2.75, 3.05) is 6.54 Å². The highest BCUT2D eigenvalue weighted by Crippen LogP contribution is 2.12. The third-order valence-corrected chi connectivity index (χ3v) is 2.10. The van der Waals surface area contributed by atoms with Crippen LogP contribution in [-0.4, -0.2) is 17.6 Å². The third-order valence-electron chi connectivity index (χ3n) is 2.10. The lowest BCUT2D eigenvalue weighted by Gasteiger charge is -2.11. The molecule has 0 aliphatic rings. The molecule has 0 fully saturated rings. The standard InChI is InChI=1S/C12H20N2O/c1-9(2)15-12-6-4-5-11(14-12)7-10(3)8-13/h4-6,9-10H,7-8,13H2,1-3H3. The molecule has 0 radical (unpaired) electrons. The van der Waals surface area contributed by atoms with Gasteiger partial charge in [-0.3, -0.25) is 0 Å². The molecule has 0 aliphatic carbocycles. The molecule has 0 spiro atoms. The molecule has 0 saturated carbocycles. The fraction of sp³-hybridized carbons (Fsp3) is 0.583. The number of hydrogen-bond acceptors (Lipinski definition) is 3. The zero-order chi connectivity index (χ0) is 11.3. The smallest absolute Gasteiger partial charge is 0.213 e. The summed E-state index contributed by atoms with van der Waals surface area (Å²) in [5, 5.41) is 0. The van der Waals surface area contributed by atoms with E-state index in [1.807, 2.05) is 32.0 Å². The molecule has 1 atom stereocenters. The maximum atomic E-state index is 5.58. The molecular weight excluding hydrogens is 188 g/mol. The van der Waals surface area contributed by atoms with Gasteiger partial charge < -0.3 is 10.5 Å². The van der Waals surface area contributed by atoms with Gasteiger partial charge in [0.05, 0.1) is 6.10 Å². The second-order valence-electron chi connectivity index (χ2n) is 4.18. The minimum Gasteiger partial charge on any atom is -0.475 e. The highest BCUT2D eigenvalue weighted by Gasteiger charge is 2.04. The Morgan fingerprint density at radius 3 is 2.67 bits per heavy atom. The number of aromatic nitrogens is 1. The number of nitrogens with zero attached hydrogens (tertiary/aromatic N) is 1. The van der Waals surface area contributed by atoms with E-state index in [0.29, 0.717) is 18.3 Å². The summed E-state index contributed by atoms with van der Waals surface area (Å²) in [5.74, 6) is 1.17. The molecule has 3 heteroatoms. The molecule has 3 nitrogen and oxygen atoms in total. The van der Waals surface area contributed by atoms with Crippen molar-refractivity contribution in [1.29, 1.82) is 0 Å². The highest BCUT2D eigenvalue weighted by molar-refractivity contribution is 5.16. The summed E-state index contributed by atoms with van der Waals surface area (Å²) in [6.07, 6.45) is 1.07. The molecule has 1 heterocycles. The Morgan fingerprint density at radius 2 is 2.07 bits per heavy atom. The SMILES string of the molecule is CC(CN)Cc1cccc(OC(C)C)n1. The van der Waals surface area contributed by atoms with Gasteiger partial charge in [0.2, 0.25) is 5.88 Å². The van der Waals surface area contributed by atoms with E-state index in [4.69, 9.17) is 10.5 Å². The van der Waals surface area contributed by atoms with Gasteiger partial charge >= 0.3 is 0 Å². The van der Waals surface area contributed by atoms with Crippen LogP contribution in [0.5, 0.6) is 5.88 Å². The molecule has 0 saturated heterocycles. The van der Waals surface area contributed by atoms with Crippen molar-refractivity contribution in [2.45, 2.75) is 33.3 Å². The lowest BCUT2D eigenvalue weighted by Crippen LogP contribution is -2.14. The zero-order valence-corrected chi connectivity index (χ0v) is 9.73. The van der Waals surface area contributed by atoms with Gasteiger partial charge in [0.15, 0.2) is 0 Å². The fourth-order valence-electron chi connectivity index (χ4n) is 1.32.